The summed E-state index contributed by atoms with van der Waals surface area (Å²) in [4.78, 5) is 13.2. The molecule has 0 spiro atoms. The first-order valence-electron chi connectivity index (χ1n) is 5.21. The summed E-state index contributed by atoms with van der Waals surface area (Å²) >= 11 is 5.95. The third-order valence-corrected chi connectivity index (χ3v) is 3.25. The Morgan fingerprint density at radius 1 is 1.50 bits per heavy atom. The van der Waals surface area contributed by atoms with Crippen LogP contribution in [-0.4, -0.2) is 18.5 Å². The van der Waals surface area contributed by atoms with Crippen LogP contribution in [0.5, 0.6) is 0 Å². The maximum atomic E-state index is 11.3. The van der Waals surface area contributed by atoms with E-state index in [2.05, 4.69) is 0 Å². The molecule has 1 aromatic rings. The molecule has 1 atom stereocenters. The summed E-state index contributed by atoms with van der Waals surface area (Å²) in [5, 5.41) is 0.507. The molecule has 4 nitrogen and oxygen atoms in total. The lowest BCUT2D eigenvalue weighted by Gasteiger charge is -2.26. The molecule has 1 aromatic carbocycles. The number of rotatable bonds is 2. The summed E-state index contributed by atoms with van der Waals surface area (Å²) in [6.07, 6.45) is 1.72. The van der Waals surface area contributed by atoms with Crippen molar-refractivity contribution in [3.8, 4) is 0 Å². The number of hydrogen-bond acceptors (Lipinski definition) is 3. The molecule has 1 aliphatic rings. The van der Waals surface area contributed by atoms with Crippen molar-refractivity contribution in [2.75, 3.05) is 17.2 Å². The molecule has 1 aliphatic heterocycles. The van der Waals surface area contributed by atoms with Gasteiger partial charge in [0.15, 0.2) is 0 Å². The molecular weight excluding hydrogens is 226 g/mol. The van der Waals surface area contributed by atoms with E-state index in [1.165, 1.54) is 0 Å². The zero-order chi connectivity index (χ0) is 11.7. The van der Waals surface area contributed by atoms with Crippen molar-refractivity contribution >= 4 is 28.9 Å². The van der Waals surface area contributed by atoms with Crippen LogP contribution in [0.1, 0.15) is 12.8 Å². The molecular formula is C11H14ClN3O. The smallest absolute Gasteiger partial charge is 0.240 e. The van der Waals surface area contributed by atoms with Crippen molar-refractivity contribution < 1.29 is 4.79 Å². The van der Waals surface area contributed by atoms with Crippen LogP contribution in [0.2, 0.25) is 5.02 Å². The second-order valence-corrected chi connectivity index (χ2v) is 4.33. The van der Waals surface area contributed by atoms with Crippen LogP contribution < -0.4 is 16.4 Å². The Balaban J connectivity index is 2.36. The fourth-order valence-electron chi connectivity index (χ4n) is 2.13. The van der Waals surface area contributed by atoms with Gasteiger partial charge in [-0.05, 0) is 25.0 Å². The first-order chi connectivity index (χ1) is 7.61. The Kier molecular flexibility index (Phi) is 2.92. The van der Waals surface area contributed by atoms with Gasteiger partial charge >= 0.3 is 0 Å². The first kappa shape index (κ1) is 11.1. The molecule has 0 bridgehead atoms. The van der Waals surface area contributed by atoms with Gasteiger partial charge in [0.2, 0.25) is 5.91 Å². The molecule has 0 aromatic heterocycles. The number of nitrogen functional groups attached to an aromatic ring is 1. The Bertz CT molecular complexity index is 422. The molecule has 86 valence electrons. The maximum Gasteiger partial charge on any atom is 0.240 e. The number of nitrogens with two attached hydrogens (primary N) is 2. The molecule has 2 rings (SSSR count). The van der Waals surface area contributed by atoms with Gasteiger partial charge in [0.05, 0.1) is 16.4 Å². The summed E-state index contributed by atoms with van der Waals surface area (Å²) in [6, 6.07) is 5.16. The number of hydrogen-bond donors (Lipinski definition) is 2. The van der Waals surface area contributed by atoms with Crippen LogP contribution in [0.3, 0.4) is 0 Å². The van der Waals surface area contributed by atoms with Gasteiger partial charge in [0, 0.05) is 6.54 Å². The molecule has 0 saturated carbocycles. The third-order valence-electron chi connectivity index (χ3n) is 2.92. The lowest BCUT2D eigenvalue weighted by atomic mass is 10.2. The number of halogens is 1. The Morgan fingerprint density at radius 2 is 2.25 bits per heavy atom. The molecule has 0 radical (unpaired) electrons. The van der Waals surface area contributed by atoms with Gasteiger partial charge in [-0.15, -0.1) is 0 Å². The van der Waals surface area contributed by atoms with Crippen molar-refractivity contribution in [1.29, 1.82) is 0 Å². The number of amides is 1. The third kappa shape index (κ3) is 1.80. The Labute approximate surface area is 99.2 Å². The van der Waals surface area contributed by atoms with Crippen molar-refractivity contribution in [3.05, 3.63) is 23.2 Å². The van der Waals surface area contributed by atoms with Crippen LogP contribution in [0.4, 0.5) is 11.4 Å². The second kappa shape index (κ2) is 4.22. The second-order valence-electron chi connectivity index (χ2n) is 3.93. The molecule has 1 fully saturated rings. The van der Waals surface area contributed by atoms with Gasteiger partial charge in [-0.3, -0.25) is 4.79 Å². The maximum absolute atomic E-state index is 11.3. The number of anilines is 2. The Hall–Kier alpha value is -1.42. The van der Waals surface area contributed by atoms with Gasteiger partial charge in [-0.25, -0.2) is 0 Å². The summed E-state index contributed by atoms with van der Waals surface area (Å²) in [6.45, 7) is 0.790. The highest BCUT2D eigenvalue weighted by Gasteiger charge is 2.30. The normalized spacial score (nSPS) is 20.1. The van der Waals surface area contributed by atoms with Crippen molar-refractivity contribution in [2.24, 2.45) is 5.73 Å². The average Bonchev–Trinajstić information content (AvgIpc) is 2.70. The molecule has 16 heavy (non-hydrogen) atoms. The quantitative estimate of drug-likeness (QED) is 0.766. The highest BCUT2D eigenvalue weighted by atomic mass is 35.5. The molecule has 1 heterocycles. The van der Waals surface area contributed by atoms with E-state index in [9.17, 15) is 4.79 Å². The number of carbonyl (C=O) groups excluding carboxylic acids is 1. The summed E-state index contributed by atoms with van der Waals surface area (Å²) in [7, 11) is 0. The molecule has 1 unspecified atom stereocenters. The molecule has 5 heteroatoms. The highest BCUT2D eigenvalue weighted by Crippen LogP contribution is 2.34. The van der Waals surface area contributed by atoms with Crippen LogP contribution in [-0.2, 0) is 4.79 Å². The predicted octanol–water partition coefficient (Wildman–Crippen LogP) is 1.38. The van der Waals surface area contributed by atoms with E-state index < -0.39 is 0 Å². The van der Waals surface area contributed by atoms with E-state index in [-0.39, 0.29) is 11.9 Å². The van der Waals surface area contributed by atoms with Gasteiger partial charge in [-0.2, -0.15) is 0 Å². The van der Waals surface area contributed by atoms with Crippen LogP contribution in [0, 0.1) is 0 Å². The van der Waals surface area contributed by atoms with Crippen LogP contribution in [0.15, 0.2) is 18.2 Å². The van der Waals surface area contributed by atoms with E-state index in [4.69, 9.17) is 23.1 Å². The average molecular weight is 240 g/mol. The largest absolute Gasteiger partial charge is 0.396 e. The van der Waals surface area contributed by atoms with E-state index >= 15 is 0 Å². The number of benzene rings is 1. The monoisotopic (exact) mass is 239 g/mol. The number of primary amides is 1. The lowest BCUT2D eigenvalue weighted by Crippen LogP contribution is -2.40. The van der Waals surface area contributed by atoms with Crippen molar-refractivity contribution in [1.82, 2.24) is 0 Å². The fraction of sp³-hybridized carbons (Fsp3) is 0.364. The standard InChI is InChI=1S/C11H14ClN3O/c12-7-3-1-4-8(10(7)13)15-6-2-5-9(15)11(14)16/h1,3-4,9H,2,5-6,13H2,(H2,14,16). The SMILES string of the molecule is NC(=O)C1CCCN1c1cccc(Cl)c1N. The zero-order valence-corrected chi connectivity index (χ0v) is 9.57. The molecule has 1 saturated heterocycles. The van der Waals surface area contributed by atoms with Gasteiger partial charge in [0.25, 0.3) is 0 Å². The molecule has 0 aliphatic carbocycles. The Morgan fingerprint density at radius 3 is 2.94 bits per heavy atom. The minimum atomic E-state index is -0.308. The summed E-state index contributed by atoms with van der Waals surface area (Å²) in [5.41, 5.74) is 12.6. The van der Waals surface area contributed by atoms with Gasteiger partial charge < -0.3 is 16.4 Å². The van der Waals surface area contributed by atoms with E-state index in [1.54, 1.807) is 6.07 Å². The number of carbonyl (C=O) groups is 1. The number of para-hydroxylation sites is 1. The summed E-state index contributed by atoms with van der Waals surface area (Å²) in [5.74, 6) is -0.308. The molecule has 4 N–H and O–H groups in total. The van der Waals surface area contributed by atoms with Gasteiger partial charge in [0.1, 0.15) is 6.04 Å². The molecule has 1 amide bonds. The number of nitrogens with zero attached hydrogens (tertiary/aromatic N) is 1. The predicted molar refractivity (Wildman–Crippen MR) is 65.4 cm³/mol. The highest BCUT2D eigenvalue weighted by molar-refractivity contribution is 6.33. The van der Waals surface area contributed by atoms with Crippen LogP contribution >= 0.6 is 11.6 Å². The van der Waals surface area contributed by atoms with E-state index in [0.29, 0.717) is 10.7 Å². The van der Waals surface area contributed by atoms with E-state index in [1.807, 2.05) is 17.0 Å². The minimum Gasteiger partial charge on any atom is -0.396 e. The van der Waals surface area contributed by atoms with Gasteiger partial charge in [-0.1, -0.05) is 17.7 Å². The zero-order valence-electron chi connectivity index (χ0n) is 8.82. The first-order valence-corrected chi connectivity index (χ1v) is 5.59. The van der Waals surface area contributed by atoms with Crippen LogP contribution in [0.25, 0.3) is 0 Å². The fourth-order valence-corrected chi connectivity index (χ4v) is 2.30. The topological polar surface area (TPSA) is 72.4 Å². The van der Waals surface area contributed by atoms with Crippen molar-refractivity contribution in [3.63, 3.8) is 0 Å². The minimum absolute atomic E-state index is 0.263. The summed E-state index contributed by atoms with van der Waals surface area (Å²) < 4.78 is 0. The van der Waals surface area contributed by atoms with Crippen molar-refractivity contribution in [2.45, 2.75) is 18.9 Å². The van der Waals surface area contributed by atoms with E-state index in [0.717, 1.165) is 25.1 Å². The lowest BCUT2D eigenvalue weighted by molar-refractivity contribution is -0.119.